The monoisotopic (exact) mass is 358 g/mol. The zero-order chi connectivity index (χ0) is 17.8. The molecule has 2 aromatic rings. The molecule has 0 unspecified atom stereocenters. The van der Waals surface area contributed by atoms with Gasteiger partial charge in [-0.3, -0.25) is 9.59 Å². The number of furan rings is 1. The minimum atomic E-state index is -0.0342. The van der Waals surface area contributed by atoms with Crippen molar-refractivity contribution in [1.29, 1.82) is 0 Å². The third-order valence-corrected chi connectivity index (χ3v) is 5.30. The van der Waals surface area contributed by atoms with Crippen molar-refractivity contribution in [3.05, 3.63) is 53.5 Å². The Labute approximate surface area is 151 Å². The van der Waals surface area contributed by atoms with Crippen LogP contribution in [0.3, 0.4) is 0 Å². The fraction of sp³-hybridized carbons (Fsp3) is 0.368. The van der Waals surface area contributed by atoms with Crippen LogP contribution in [0.2, 0.25) is 0 Å². The van der Waals surface area contributed by atoms with E-state index in [-0.39, 0.29) is 17.9 Å². The number of aryl methyl sites for hydroxylation is 1. The van der Waals surface area contributed by atoms with Gasteiger partial charge in [0.05, 0.1) is 11.8 Å². The third-order valence-electron chi connectivity index (χ3n) is 4.57. The number of piperidine rings is 1. The van der Waals surface area contributed by atoms with Gasteiger partial charge in [-0.05, 0) is 49.8 Å². The summed E-state index contributed by atoms with van der Waals surface area (Å²) in [6.45, 7) is 3.22. The number of hydrogen-bond donors (Lipinski definition) is 1. The maximum absolute atomic E-state index is 12.6. The van der Waals surface area contributed by atoms with Gasteiger partial charge in [-0.25, -0.2) is 0 Å². The summed E-state index contributed by atoms with van der Waals surface area (Å²) in [6.07, 6.45) is 6.50. The van der Waals surface area contributed by atoms with Crippen LogP contribution in [0.1, 0.15) is 39.1 Å². The summed E-state index contributed by atoms with van der Waals surface area (Å²) < 4.78 is 4.97. The molecule has 5 nitrogen and oxygen atoms in total. The molecule has 0 spiro atoms. The van der Waals surface area contributed by atoms with Crippen LogP contribution < -0.4 is 5.32 Å². The van der Waals surface area contributed by atoms with Gasteiger partial charge in [0.2, 0.25) is 0 Å². The number of carbonyl (C=O) groups is 2. The van der Waals surface area contributed by atoms with Crippen molar-refractivity contribution in [2.45, 2.75) is 30.7 Å². The largest absolute Gasteiger partial charge is 0.472 e. The first-order chi connectivity index (χ1) is 12.1. The van der Waals surface area contributed by atoms with E-state index in [2.05, 4.69) is 5.32 Å². The second kappa shape index (κ2) is 7.78. The van der Waals surface area contributed by atoms with E-state index in [0.29, 0.717) is 18.7 Å². The molecule has 2 heterocycles. The average molecular weight is 358 g/mol. The highest BCUT2D eigenvalue weighted by Crippen LogP contribution is 2.20. The minimum absolute atomic E-state index is 0.0120. The highest BCUT2D eigenvalue weighted by atomic mass is 32.2. The van der Waals surface area contributed by atoms with Crippen LogP contribution in [0.15, 0.2) is 46.1 Å². The molecule has 1 fully saturated rings. The molecule has 0 radical (unpaired) electrons. The van der Waals surface area contributed by atoms with Crippen LogP contribution in [-0.2, 0) is 0 Å². The fourth-order valence-corrected chi connectivity index (χ4v) is 3.47. The van der Waals surface area contributed by atoms with Crippen molar-refractivity contribution in [2.24, 2.45) is 0 Å². The maximum Gasteiger partial charge on any atom is 0.257 e. The number of rotatable bonds is 4. The first-order valence-corrected chi connectivity index (χ1v) is 9.58. The lowest BCUT2D eigenvalue weighted by Crippen LogP contribution is -2.46. The molecule has 1 aliphatic rings. The quantitative estimate of drug-likeness (QED) is 0.852. The zero-order valence-corrected chi connectivity index (χ0v) is 15.3. The van der Waals surface area contributed by atoms with Gasteiger partial charge in [-0.15, -0.1) is 11.8 Å². The Morgan fingerprint density at radius 2 is 2.00 bits per heavy atom. The number of carbonyl (C=O) groups excluding carboxylic acids is 2. The number of nitrogens with zero attached hydrogens (tertiary/aromatic N) is 1. The second-order valence-electron chi connectivity index (χ2n) is 6.23. The molecule has 1 saturated heterocycles. The molecule has 0 bridgehead atoms. The predicted molar refractivity (Wildman–Crippen MR) is 98.1 cm³/mol. The summed E-state index contributed by atoms with van der Waals surface area (Å²) >= 11 is 1.63. The molecule has 2 amide bonds. The highest BCUT2D eigenvalue weighted by Gasteiger charge is 2.25. The summed E-state index contributed by atoms with van der Waals surface area (Å²) in [5.74, 6) is -0.0462. The van der Waals surface area contributed by atoms with E-state index in [1.165, 1.54) is 12.5 Å². The van der Waals surface area contributed by atoms with Gasteiger partial charge in [-0.2, -0.15) is 0 Å². The summed E-state index contributed by atoms with van der Waals surface area (Å²) in [5.41, 5.74) is 2.28. The Morgan fingerprint density at radius 1 is 1.24 bits per heavy atom. The second-order valence-corrected chi connectivity index (χ2v) is 7.11. The smallest absolute Gasteiger partial charge is 0.257 e. The lowest BCUT2D eigenvalue weighted by Gasteiger charge is -2.32. The number of nitrogens with one attached hydrogen (secondary N) is 1. The van der Waals surface area contributed by atoms with E-state index in [1.54, 1.807) is 17.8 Å². The van der Waals surface area contributed by atoms with Crippen molar-refractivity contribution >= 4 is 23.6 Å². The number of thioether (sulfide) groups is 1. The molecule has 1 aromatic carbocycles. The SMILES string of the molecule is CSc1ccc(C)c(C(=O)NC2CCN(C(=O)c3ccoc3)CC2)c1. The Hall–Kier alpha value is -2.21. The van der Waals surface area contributed by atoms with Gasteiger partial charge < -0.3 is 14.6 Å². The van der Waals surface area contributed by atoms with Crippen molar-refractivity contribution < 1.29 is 14.0 Å². The Bertz CT molecular complexity index is 750. The van der Waals surface area contributed by atoms with Crippen LogP contribution in [0.25, 0.3) is 0 Å². The van der Waals surface area contributed by atoms with E-state index >= 15 is 0 Å². The molecular weight excluding hydrogens is 336 g/mol. The van der Waals surface area contributed by atoms with Gasteiger partial charge >= 0.3 is 0 Å². The van der Waals surface area contributed by atoms with E-state index in [4.69, 9.17) is 4.42 Å². The molecule has 1 aliphatic heterocycles. The number of hydrogen-bond acceptors (Lipinski definition) is 4. The normalized spacial score (nSPS) is 15.2. The third kappa shape index (κ3) is 4.07. The lowest BCUT2D eigenvalue weighted by molar-refractivity contribution is 0.0697. The van der Waals surface area contributed by atoms with Gasteiger partial charge in [0.25, 0.3) is 11.8 Å². The standard InChI is InChI=1S/C19H22N2O3S/c1-13-3-4-16(25-2)11-17(13)18(22)20-15-5-8-21(9-6-15)19(23)14-7-10-24-12-14/h3-4,7,10-12,15H,5-6,8-9H2,1-2H3,(H,20,22). The van der Waals surface area contributed by atoms with Crippen molar-refractivity contribution in [3.8, 4) is 0 Å². The van der Waals surface area contributed by atoms with Crippen molar-refractivity contribution in [3.63, 3.8) is 0 Å². The number of benzene rings is 1. The number of likely N-dealkylation sites (tertiary alicyclic amines) is 1. The number of amides is 2. The van der Waals surface area contributed by atoms with Crippen LogP contribution >= 0.6 is 11.8 Å². The average Bonchev–Trinajstić information content (AvgIpc) is 3.17. The maximum atomic E-state index is 12.6. The minimum Gasteiger partial charge on any atom is -0.472 e. The Balaban J connectivity index is 1.57. The molecule has 3 rings (SSSR count). The molecule has 132 valence electrons. The summed E-state index contributed by atoms with van der Waals surface area (Å²) in [5, 5.41) is 3.12. The Morgan fingerprint density at radius 3 is 2.64 bits per heavy atom. The van der Waals surface area contributed by atoms with Crippen LogP contribution in [0.4, 0.5) is 0 Å². The Kier molecular flexibility index (Phi) is 5.48. The zero-order valence-electron chi connectivity index (χ0n) is 14.5. The van der Waals surface area contributed by atoms with Crippen molar-refractivity contribution in [1.82, 2.24) is 10.2 Å². The molecule has 1 aromatic heterocycles. The van der Waals surface area contributed by atoms with E-state index < -0.39 is 0 Å². The summed E-state index contributed by atoms with van der Waals surface area (Å²) in [7, 11) is 0. The first-order valence-electron chi connectivity index (χ1n) is 8.35. The van der Waals surface area contributed by atoms with E-state index in [0.717, 1.165) is 28.9 Å². The predicted octanol–water partition coefficient (Wildman–Crippen LogP) is 3.34. The van der Waals surface area contributed by atoms with Crippen molar-refractivity contribution in [2.75, 3.05) is 19.3 Å². The van der Waals surface area contributed by atoms with Crippen LogP contribution in [-0.4, -0.2) is 42.1 Å². The fourth-order valence-electron chi connectivity index (χ4n) is 3.03. The first kappa shape index (κ1) is 17.6. The molecule has 1 N–H and O–H groups in total. The van der Waals surface area contributed by atoms with Gasteiger partial charge in [0.15, 0.2) is 0 Å². The van der Waals surface area contributed by atoms with Crippen LogP contribution in [0.5, 0.6) is 0 Å². The van der Waals surface area contributed by atoms with E-state index in [9.17, 15) is 9.59 Å². The summed E-state index contributed by atoms with van der Waals surface area (Å²) in [4.78, 5) is 27.8. The van der Waals surface area contributed by atoms with E-state index in [1.807, 2.05) is 36.3 Å². The van der Waals surface area contributed by atoms with Gasteiger partial charge in [-0.1, -0.05) is 6.07 Å². The molecule has 25 heavy (non-hydrogen) atoms. The topological polar surface area (TPSA) is 62.6 Å². The molecular formula is C19H22N2O3S. The highest BCUT2D eigenvalue weighted by molar-refractivity contribution is 7.98. The van der Waals surface area contributed by atoms with Gasteiger partial charge in [0.1, 0.15) is 6.26 Å². The van der Waals surface area contributed by atoms with Crippen LogP contribution in [0, 0.1) is 6.92 Å². The van der Waals surface area contributed by atoms with Gasteiger partial charge in [0, 0.05) is 29.6 Å². The molecule has 0 saturated carbocycles. The molecule has 0 aliphatic carbocycles. The summed E-state index contributed by atoms with van der Waals surface area (Å²) in [6, 6.07) is 7.71. The molecule has 0 atom stereocenters. The lowest BCUT2D eigenvalue weighted by atomic mass is 10.0. The molecule has 6 heteroatoms.